The highest BCUT2D eigenvalue weighted by Crippen LogP contribution is 2.21. The molecule has 5 heteroatoms. The molecule has 2 aromatic carbocycles. The predicted molar refractivity (Wildman–Crippen MR) is 131 cm³/mol. The molecule has 0 aliphatic heterocycles. The van der Waals surface area contributed by atoms with Gasteiger partial charge in [0.15, 0.2) is 0 Å². The number of nitrogens with zero attached hydrogens (tertiary/aromatic N) is 3. The van der Waals surface area contributed by atoms with E-state index in [9.17, 15) is 0 Å². The number of benzene rings is 2. The van der Waals surface area contributed by atoms with Crippen molar-refractivity contribution in [2.24, 2.45) is 0 Å². The van der Waals surface area contributed by atoms with E-state index < -0.39 is 0 Å². The summed E-state index contributed by atoms with van der Waals surface area (Å²) in [6.07, 6.45) is 1.84. The van der Waals surface area contributed by atoms with Gasteiger partial charge in [0.1, 0.15) is 0 Å². The number of hydrogen-bond donors (Lipinski definition) is 1. The third-order valence-corrected chi connectivity index (χ3v) is 5.64. The van der Waals surface area contributed by atoms with Crippen molar-refractivity contribution >= 4 is 28.6 Å². The number of anilines is 2. The van der Waals surface area contributed by atoms with Crippen LogP contribution in [-0.2, 0) is 0 Å². The molecule has 3 aromatic rings. The predicted octanol–water partition coefficient (Wildman–Crippen LogP) is 5.09. The van der Waals surface area contributed by atoms with Crippen LogP contribution in [0.15, 0.2) is 85.1 Å². The largest absolute Gasteiger partial charge is 0.371 e. The fourth-order valence-electron chi connectivity index (χ4n) is 3.49. The summed E-state index contributed by atoms with van der Waals surface area (Å²) >= 11 is 5.89. The summed E-state index contributed by atoms with van der Waals surface area (Å²) in [7, 11) is 0. The van der Waals surface area contributed by atoms with E-state index >= 15 is 0 Å². The molecule has 3 rings (SSSR count). The van der Waals surface area contributed by atoms with Crippen LogP contribution in [0.25, 0.3) is 0 Å². The van der Waals surface area contributed by atoms with Gasteiger partial charge in [-0.25, -0.2) is 0 Å². The molecule has 1 N–H and O–H groups in total. The Bertz CT molecular complexity index is 887. The first-order chi connectivity index (χ1) is 14.7. The van der Waals surface area contributed by atoms with Gasteiger partial charge in [0.25, 0.3) is 0 Å². The smallest absolute Gasteiger partial charge is 0.0880 e. The van der Waals surface area contributed by atoms with E-state index in [-0.39, 0.29) is 5.92 Å². The molecule has 156 valence electrons. The van der Waals surface area contributed by atoms with Crippen LogP contribution in [0.3, 0.4) is 0 Å². The fourth-order valence-corrected chi connectivity index (χ4v) is 3.75. The first-order valence-electron chi connectivity index (χ1n) is 10.5. The monoisotopic (exact) mass is 418 g/mol. The van der Waals surface area contributed by atoms with Gasteiger partial charge in [-0.15, -0.1) is 0 Å². The minimum Gasteiger partial charge on any atom is -0.371 e. The van der Waals surface area contributed by atoms with Gasteiger partial charge in [0.05, 0.1) is 23.3 Å². The topological polar surface area (TPSA) is 31.4 Å². The van der Waals surface area contributed by atoms with Crippen molar-refractivity contribution in [3.63, 3.8) is 0 Å². The Hall–Kier alpha value is -2.92. The highest BCUT2D eigenvalue weighted by molar-refractivity contribution is 7.80. The molecule has 1 unspecified atom stereocenters. The summed E-state index contributed by atoms with van der Waals surface area (Å²) < 4.78 is 0. The van der Waals surface area contributed by atoms with Crippen LogP contribution >= 0.6 is 12.2 Å². The minimum atomic E-state index is 0.0100. The van der Waals surface area contributed by atoms with E-state index in [0.29, 0.717) is 6.67 Å². The number of likely N-dealkylation sites (N-methyl/N-ethyl adjacent to an activating group) is 1. The molecule has 0 aliphatic rings. The molecule has 1 aromatic heterocycles. The normalized spacial score (nSPS) is 11.5. The van der Waals surface area contributed by atoms with Crippen LogP contribution < -0.4 is 15.1 Å². The molecule has 0 bridgehead atoms. The van der Waals surface area contributed by atoms with Crippen LogP contribution in [0, 0.1) is 0 Å². The average Bonchev–Trinajstić information content (AvgIpc) is 2.82. The van der Waals surface area contributed by atoms with E-state index in [1.807, 2.05) is 30.5 Å². The standard InChI is InChI=1S/C25H30N4S/c1-3-28(21-13-7-5-8-14-21)19-23(24-17-11-12-18-26-24)25(30)27-20-29(4-2)22-15-9-6-10-16-22/h5-18,23H,3-4,19-20H2,1-2H3,(H,27,30). The zero-order chi connectivity index (χ0) is 21.2. The Morgan fingerprint density at radius 2 is 1.40 bits per heavy atom. The molecule has 0 amide bonds. The Labute approximate surface area is 185 Å². The SMILES string of the molecule is CCN(CNC(=S)C(CN(CC)c1ccccc1)c1ccccn1)c1ccccc1. The van der Waals surface area contributed by atoms with Gasteiger partial charge in [-0.1, -0.05) is 54.7 Å². The highest BCUT2D eigenvalue weighted by atomic mass is 32.1. The second-order valence-corrected chi connectivity index (χ2v) is 7.51. The maximum atomic E-state index is 5.89. The first kappa shape index (κ1) is 21.8. The summed E-state index contributed by atoms with van der Waals surface area (Å²) in [6.45, 7) is 7.58. The van der Waals surface area contributed by atoms with Crippen LogP contribution in [0.2, 0.25) is 0 Å². The number of aromatic nitrogens is 1. The maximum Gasteiger partial charge on any atom is 0.0880 e. The van der Waals surface area contributed by atoms with Gasteiger partial charge >= 0.3 is 0 Å². The van der Waals surface area contributed by atoms with E-state index in [0.717, 1.165) is 30.3 Å². The fraction of sp³-hybridized carbons (Fsp3) is 0.280. The second kappa shape index (κ2) is 11.3. The number of thiocarbonyl (C=S) groups is 1. The van der Waals surface area contributed by atoms with Crippen molar-refractivity contribution in [2.75, 3.05) is 36.1 Å². The van der Waals surface area contributed by atoms with Crippen molar-refractivity contribution in [1.29, 1.82) is 0 Å². The highest BCUT2D eigenvalue weighted by Gasteiger charge is 2.22. The Morgan fingerprint density at radius 3 is 1.93 bits per heavy atom. The summed E-state index contributed by atoms with van der Waals surface area (Å²) in [6, 6.07) is 26.9. The van der Waals surface area contributed by atoms with E-state index in [2.05, 4.69) is 88.5 Å². The number of rotatable bonds is 10. The zero-order valence-corrected chi connectivity index (χ0v) is 18.6. The van der Waals surface area contributed by atoms with Gasteiger partial charge in [-0.2, -0.15) is 0 Å². The van der Waals surface area contributed by atoms with Gasteiger partial charge < -0.3 is 15.1 Å². The van der Waals surface area contributed by atoms with Crippen LogP contribution in [0.4, 0.5) is 11.4 Å². The summed E-state index contributed by atoms with van der Waals surface area (Å²) in [5, 5.41) is 3.50. The second-order valence-electron chi connectivity index (χ2n) is 7.07. The number of pyridine rings is 1. The summed E-state index contributed by atoms with van der Waals surface area (Å²) in [4.78, 5) is 10.1. The molecule has 0 spiro atoms. The van der Waals surface area contributed by atoms with E-state index in [4.69, 9.17) is 12.2 Å². The molecular weight excluding hydrogens is 388 g/mol. The molecule has 1 atom stereocenters. The van der Waals surface area contributed by atoms with Crippen molar-refractivity contribution in [3.8, 4) is 0 Å². The molecular formula is C25H30N4S. The van der Waals surface area contributed by atoms with Crippen molar-refractivity contribution < 1.29 is 0 Å². The van der Waals surface area contributed by atoms with Crippen molar-refractivity contribution in [1.82, 2.24) is 10.3 Å². The minimum absolute atomic E-state index is 0.0100. The third kappa shape index (κ3) is 5.80. The van der Waals surface area contributed by atoms with Crippen molar-refractivity contribution in [3.05, 3.63) is 90.8 Å². The van der Waals surface area contributed by atoms with E-state index in [1.54, 1.807) is 0 Å². The summed E-state index contributed by atoms with van der Waals surface area (Å²) in [5.41, 5.74) is 3.37. The van der Waals surface area contributed by atoms with Gasteiger partial charge in [0, 0.05) is 37.2 Å². The molecule has 0 radical (unpaired) electrons. The van der Waals surface area contributed by atoms with Gasteiger partial charge in [0.2, 0.25) is 0 Å². The third-order valence-electron chi connectivity index (χ3n) is 5.21. The van der Waals surface area contributed by atoms with Crippen LogP contribution in [0.5, 0.6) is 0 Å². The molecule has 4 nitrogen and oxygen atoms in total. The lowest BCUT2D eigenvalue weighted by atomic mass is 10.0. The Morgan fingerprint density at radius 1 is 0.833 bits per heavy atom. The molecule has 0 saturated heterocycles. The Kier molecular flexibility index (Phi) is 8.21. The van der Waals surface area contributed by atoms with E-state index in [1.165, 1.54) is 11.4 Å². The number of hydrogen-bond acceptors (Lipinski definition) is 4. The zero-order valence-electron chi connectivity index (χ0n) is 17.7. The van der Waals surface area contributed by atoms with Gasteiger partial charge in [-0.3, -0.25) is 4.98 Å². The molecule has 0 aliphatic carbocycles. The molecule has 1 heterocycles. The maximum absolute atomic E-state index is 5.89. The summed E-state index contributed by atoms with van der Waals surface area (Å²) in [5.74, 6) is 0.0100. The van der Waals surface area contributed by atoms with Crippen LogP contribution in [0.1, 0.15) is 25.5 Å². The quantitative estimate of drug-likeness (QED) is 0.366. The lowest BCUT2D eigenvalue weighted by molar-refractivity contribution is 0.721. The first-order valence-corrected chi connectivity index (χ1v) is 10.9. The van der Waals surface area contributed by atoms with Crippen molar-refractivity contribution in [2.45, 2.75) is 19.8 Å². The number of para-hydroxylation sites is 2. The average molecular weight is 419 g/mol. The Balaban J connectivity index is 1.75. The lowest BCUT2D eigenvalue weighted by Crippen LogP contribution is -2.42. The number of nitrogens with one attached hydrogen (secondary N) is 1. The molecule has 30 heavy (non-hydrogen) atoms. The van der Waals surface area contributed by atoms with Gasteiger partial charge in [-0.05, 0) is 50.2 Å². The lowest BCUT2D eigenvalue weighted by Gasteiger charge is -2.30. The molecule has 0 fully saturated rings. The molecule has 0 saturated carbocycles. The van der Waals surface area contributed by atoms with Crippen LogP contribution in [-0.4, -0.2) is 36.3 Å².